The van der Waals surface area contributed by atoms with E-state index in [0.29, 0.717) is 8.78 Å². The highest BCUT2D eigenvalue weighted by molar-refractivity contribution is 9.10. The number of ether oxygens (including phenoxy) is 1. The van der Waals surface area contributed by atoms with Crippen molar-refractivity contribution in [1.82, 2.24) is 4.31 Å². The first-order valence-corrected chi connectivity index (χ1v) is 9.55. The molecule has 2 rings (SSSR count). The van der Waals surface area contributed by atoms with Crippen molar-refractivity contribution in [3.05, 3.63) is 40.3 Å². The lowest BCUT2D eigenvalue weighted by atomic mass is 10.2. The van der Waals surface area contributed by atoms with E-state index in [0.717, 1.165) is 12.3 Å². The van der Waals surface area contributed by atoms with Gasteiger partial charge in [-0.25, -0.2) is 13.5 Å². The van der Waals surface area contributed by atoms with Crippen LogP contribution in [0.5, 0.6) is 0 Å². The normalized spacial score (nSPS) is 15.8. The maximum Gasteiger partial charge on any atom is 0.344 e. The zero-order chi connectivity index (χ0) is 19.5. The van der Waals surface area contributed by atoms with Crippen LogP contribution in [-0.4, -0.2) is 43.5 Å². The van der Waals surface area contributed by atoms with Gasteiger partial charge in [-0.3, -0.25) is 4.79 Å². The molecule has 0 saturated carbocycles. The van der Waals surface area contributed by atoms with Gasteiger partial charge in [-0.15, -0.1) is 4.40 Å². The standard InChI is InChI=1S/C15H15BrFN3O5S/c1-3-25-15(22)11-7-20(26(23,24)19-9(11)2)8-14(21)18-13-5-4-10(16)6-12(13)17/h4-7H,3,8H2,1-2H3,(H,18,21). The summed E-state index contributed by atoms with van der Waals surface area (Å²) in [6, 6.07) is 3.99. The molecule has 0 saturated heterocycles. The van der Waals surface area contributed by atoms with Crippen LogP contribution < -0.4 is 5.32 Å². The molecule has 1 aromatic carbocycles. The first-order valence-electron chi connectivity index (χ1n) is 7.36. The van der Waals surface area contributed by atoms with Crippen molar-refractivity contribution in [2.45, 2.75) is 13.8 Å². The molecule has 0 bridgehead atoms. The molecule has 1 amide bonds. The highest BCUT2D eigenvalue weighted by Crippen LogP contribution is 2.20. The number of hydrogen-bond acceptors (Lipinski definition) is 5. The molecule has 0 fully saturated rings. The van der Waals surface area contributed by atoms with E-state index in [9.17, 15) is 22.4 Å². The summed E-state index contributed by atoms with van der Waals surface area (Å²) in [5, 5.41) is 2.27. The summed E-state index contributed by atoms with van der Waals surface area (Å²) >= 11 is 3.09. The first-order chi connectivity index (χ1) is 12.1. The smallest absolute Gasteiger partial charge is 0.344 e. The Balaban J connectivity index is 2.20. The molecule has 1 aromatic rings. The minimum Gasteiger partial charge on any atom is -0.462 e. The predicted molar refractivity (Wildman–Crippen MR) is 96.2 cm³/mol. The van der Waals surface area contributed by atoms with E-state index >= 15 is 0 Å². The number of nitrogens with one attached hydrogen (secondary N) is 1. The van der Waals surface area contributed by atoms with Gasteiger partial charge in [-0.2, -0.15) is 8.42 Å². The monoisotopic (exact) mass is 447 g/mol. The van der Waals surface area contributed by atoms with Crippen molar-refractivity contribution in [3.63, 3.8) is 0 Å². The molecular formula is C15H15BrFN3O5S. The molecule has 0 spiro atoms. The number of esters is 1. The van der Waals surface area contributed by atoms with Gasteiger partial charge in [0.05, 0.1) is 23.6 Å². The minimum absolute atomic E-state index is 0.0425. The summed E-state index contributed by atoms with van der Waals surface area (Å²) in [6.07, 6.45) is 0.979. The Bertz CT molecular complexity index is 914. The highest BCUT2D eigenvalue weighted by atomic mass is 79.9. The topological polar surface area (TPSA) is 105 Å². The fourth-order valence-electron chi connectivity index (χ4n) is 2.04. The third kappa shape index (κ3) is 4.67. The summed E-state index contributed by atoms with van der Waals surface area (Å²) in [7, 11) is -4.18. The Morgan fingerprint density at radius 3 is 2.69 bits per heavy atom. The van der Waals surface area contributed by atoms with Gasteiger partial charge in [0, 0.05) is 10.7 Å². The molecule has 26 heavy (non-hydrogen) atoms. The van der Waals surface area contributed by atoms with Crippen LogP contribution in [0.4, 0.5) is 10.1 Å². The Kier molecular flexibility index (Phi) is 6.13. The van der Waals surface area contributed by atoms with Crippen LogP contribution in [0.25, 0.3) is 0 Å². The second kappa shape index (κ2) is 7.96. The third-order valence-electron chi connectivity index (χ3n) is 3.21. The first kappa shape index (κ1) is 20.0. The van der Waals surface area contributed by atoms with Gasteiger partial charge in [0.1, 0.15) is 12.4 Å². The lowest BCUT2D eigenvalue weighted by Gasteiger charge is -2.22. The van der Waals surface area contributed by atoms with Gasteiger partial charge in [0.2, 0.25) is 5.91 Å². The number of rotatable bonds is 5. The zero-order valence-corrected chi connectivity index (χ0v) is 16.2. The van der Waals surface area contributed by atoms with Gasteiger partial charge in [0.15, 0.2) is 0 Å². The lowest BCUT2D eigenvalue weighted by Crippen LogP contribution is -2.37. The van der Waals surface area contributed by atoms with Crippen LogP contribution in [0.3, 0.4) is 0 Å². The van der Waals surface area contributed by atoms with E-state index in [-0.39, 0.29) is 23.6 Å². The molecule has 8 nitrogen and oxygen atoms in total. The minimum atomic E-state index is -4.18. The fraction of sp³-hybridized carbons (Fsp3) is 0.267. The Hall–Kier alpha value is -2.27. The number of hydrogen-bond donors (Lipinski definition) is 1. The molecule has 0 aromatic heterocycles. The average Bonchev–Trinajstić information content (AvgIpc) is 2.52. The van der Waals surface area contributed by atoms with Gasteiger partial charge >= 0.3 is 16.2 Å². The summed E-state index contributed by atoms with van der Waals surface area (Å²) in [6.45, 7) is 2.36. The molecule has 1 aliphatic heterocycles. The molecular weight excluding hydrogens is 433 g/mol. The van der Waals surface area contributed by atoms with Crippen LogP contribution in [0.15, 0.2) is 38.8 Å². The van der Waals surface area contributed by atoms with Gasteiger partial charge in [-0.1, -0.05) is 15.9 Å². The highest BCUT2D eigenvalue weighted by Gasteiger charge is 2.30. The van der Waals surface area contributed by atoms with Crippen molar-refractivity contribution in [2.75, 3.05) is 18.5 Å². The molecule has 0 radical (unpaired) electrons. The maximum absolute atomic E-state index is 13.8. The Labute approximate surface area is 158 Å². The number of amides is 1. The Morgan fingerprint density at radius 2 is 2.08 bits per heavy atom. The molecule has 1 heterocycles. The molecule has 11 heteroatoms. The van der Waals surface area contributed by atoms with E-state index in [2.05, 4.69) is 25.6 Å². The van der Waals surface area contributed by atoms with Crippen LogP contribution in [0, 0.1) is 5.82 Å². The van der Waals surface area contributed by atoms with E-state index in [1.807, 2.05) is 0 Å². The number of carbonyl (C=O) groups excluding carboxylic acids is 2. The molecule has 0 atom stereocenters. The van der Waals surface area contributed by atoms with Crippen LogP contribution in [0.2, 0.25) is 0 Å². The number of carbonyl (C=O) groups is 2. The number of anilines is 1. The van der Waals surface area contributed by atoms with Crippen molar-refractivity contribution >= 4 is 49.4 Å². The second-order valence-electron chi connectivity index (χ2n) is 5.14. The summed E-state index contributed by atoms with van der Waals surface area (Å²) in [5.41, 5.74) is -0.231. The number of nitrogens with zero attached hydrogens (tertiary/aromatic N) is 2. The number of halogens is 2. The average molecular weight is 448 g/mol. The molecule has 1 N–H and O–H groups in total. The molecule has 0 unspecified atom stereocenters. The quantitative estimate of drug-likeness (QED) is 0.694. The van der Waals surface area contributed by atoms with E-state index in [1.165, 1.54) is 19.1 Å². The summed E-state index contributed by atoms with van der Waals surface area (Å²) in [5.74, 6) is -2.25. The predicted octanol–water partition coefficient (Wildman–Crippen LogP) is 1.99. The fourth-order valence-corrected chi connectivity index (χ4v) is 3.44. The molecule has 0 aliphatic carbocycles. The lowest BCUT2D eigenvalue weighted by molar-refractivity contribution is -0.138. The van der Waals surface area contributed by atoms with Crippen molar-refractivity contribution in [2.24, 2.45) is 4.40 Å². The second-order valence-corrected chi connectivity index (χ2v) is 7.60. The summed E-state index contributed by atoms with van der Waals surface area (Å²) in [4.78, 5) is 24.0. The van der Waals surface area contributed by atoms with E-state index in [1.54, 1.807) is 6.92 Å². The maximum atomic E-state index is 13.8. The molecule has 140 valence electrons. The van der Waals surface area contributed by atoms with Crippen LogP contribution in [-0.2, 0) is 24.5 Å². The SMILES string of the molecule is CCOC(=O)C1=CN(CC(=O)Nc2ccc(Br)cc2F)S(=O)(=O)N=C1C. The zero-order valence-electron chi connectivity index (χ0n) is 13.8. The molecule has 1 aliphatic rings. The van der Waals surface area contributed by atoms with E-state index < -0.39 is 34.4 Å². The Morgan fingerprint density at radius 1 is 1.38 bits per heavy atom. The number of benzene rings is 1. The van der Waals surface area contributed by atoms with Gasteiger partial charge < -0.3 is 10.1 Å². The van der Waals surface area contributed by atoms with Crippen molar-refractivity contribution < 1.29 is 27.1 Å². The van der Waals surface area contributed by atoms with Crippen molar-refractivity contribution in [1.29, 1.82) is 0 Å². The van der Waals surface area contributed by atoms with Gasteiger partial charge in [-0.05, 0) is 32.0 Å². The third-order valence-corrected chi connectivity index (χ3v) is 5.04. The van der Waals surface area contributed by atoms with Crippen LogP contribution >= 0.6 is 15.9 Å². The van der Waals surface area contributed by atoms with Gasteiger partial charge in [0.25, 0.3) is 0 Å². The summed E-state index contributed by atoms with van der Waals surface area (Å²) < 4.78 is 47.3. The van der Waals surface area contributed by atoms with E-state index in [4.69, 9.17) is 4.74 Å². The van der Waals surface area contributed by atoms with Crippen LogP contribution in [0.1, 0.15) is 13.8 Å². The largest absolute Gasteiger partial charge is 0.462 e. The van der Waals surface area contributed by atoms with Crippen molar-refractivity contribution in [3.8, 4) is 0 Å².